The lowest BCUT2D eigenvalue weighted by Crippen LogP contribution is -2.48. The number of fused-ring (bicyclic) bond motifs is 2. The second-order valence-electron chi connectivity index (χ2n) is 6.53. The summed E-state index contributed by atoms with van der Waals surface area (Å²) in [6, 6.07) is 12.3. The first-order chi connectivity index (χ1) is 12.1. The van der Waals surface area contributed by atoms with E-state index < -0.39 is 12.0 Å². The maximum atomic E-state index is 13.0. The van der Waals surface area contributed by atoms with Gasteiger partial charge in [-0.3, -0.25) is 4.79 Å². The molecule has 128 valence electrons. The first-order valence-electron chi connectivity index (χ1n) is 8.50. The summed E-state index contributed by atoms with van der Waals surface area (Å²) >= 11 is 0. The van der Waals surface area contributed by atoms with Crippen LogP contribution < -0.4 is 4.74 Å². The molecule has 1 atom stereocenters. The number of carbonyl (C=O) groups is 2. The SMILES string of the molecule is O=C(O)C1Cc2ccccc2CN1C(=O)c1ccc2c(c1)CCCO2. The van der Waals surface area contributed by atoms with Gasteiger partial charge in [0.05, 0.1) is 6.61 Å². The number of hydrogen-bond acceptors (Lipinski definition) is 3. The molecule has 2 aliphatic rings. The van der Waals surface area contributed by atoms with E-state index >= 15 is 0 Å². The molecule has 0 bridgehead atoms. The molecule has 2 aromatic rings. The van der Waals surface area contributed by atoms with Gasteiger partial charge >= 0.3 is 5.97 Å². The molecule has 25 heavy (non-hydrogen) atoms. The van der Waals surface area contributed by atoms with E-state index in [-0.39, 0.29) is 5.91 Å². The molecule has 0 saturated carbocycles. The van der Waals surface area contributed by atoms with Crippen molar-refractivity contribution in [3.05, 3.63) is 64.7 Å². The summed E-state index contributed by atoms with van der Waals surface area (Å²) in [4.78, 5) is 26.2. The van der Waals surface area contributed by atoms with Crippen LogP contribution in [-0.4, -0.2) is 34.5 Å². The fraction of sp³-hybridized carbons (Fsp3) is 0.300. The number of aryl methyl sites for hydroxylation is 1. The van der Waals surface area contributed by atoms with Gasteiger partial charge in [-0.05, 0) is 47.7 Å². The highest BCUT2D eigenvalue weighted by Crippen LogP contribution is 2.29. The van der Waals surface area contributed by atoms with Crippen LogP contribution in [0.15, 0.2) is 42.5 Å². The van der Waals surface area contributed by atoms with E-state index in [1.165, 1.54) is 4.90 Å². The molecule has 1 amide bonds. The van der Waals surface area contributed by atoms with Crippen molar-refractivity contribution < 1.29 is 19.4 Å². The standard InChI is InChI=1S/C20H19NO4/c22-19(15-7-8-18-14(10-15)6-3-9-25-18)21-12-16-5-2-1-4-13(16)11-17(21)20(23)24/h1-2,4-5,7-8,10,17H,3,6,9,11-12H2,(H,23,24). The third-order valence-corrected chi connectivity index (χ3v) is 4.95. The second kappa shape index (κ2) is 6.24. The largest absolute Gasteiger partial charge is 0.493 e. The minimum Gasteiger partial charge on any atom is -0.493 e. The number of carbonyl (C=O) groups excluding carboxylic acids is 1. The van der Waals surface area contributed by atoms with Gasteiger partial charge in [-0.1, -0.05) is 24.3 Å². The number of aliphatic carboxylic acids is 1. The molecule has 5 heteroatoms. The second-order valence-corrected chi connectivity index (χ2v) is 6.53. The number of carboxylic acid groups (broad SMARTS) is 1. The van der Waals surface area contributed by atoms with E-state index in [0.29, 0.717) is 25.1 Å². The lowest BCUT2D eigenvalue weighted by Gasteiger charge is -2.34. The molecule has 0 spiro atoms. The van der Waals surface area contributed by atoms with Gasteiger partial charge in [-0.2, -0.15) is 0 Å². The Balaban J connectivity index is 1.67. The van der Waals surface area contributed by atoms with Crippen LogP contribution in [0.1, 0.15) is 33.5 Å². The summed E-state index contributed by atoms with van der Waals surface area (Å²) in [5.74, 6) is -0.388. The summed E-state index contributed by atoms with van der Waals surface area (Å²) < 4.78 is 5.59. The number of ether oxygens (including phenoxy) is 1. The van der Waals surface area contributed by atoms with Crippen LogP contribution in [-0.2, 0) is 24.2 Å². The Morgan fingerprint density at radius 1 is 1.08 bits per heavy atom. The summed E-state index contributed by atoms with van der Waals surface area (Å²) in [7, 11) is 0. The van der Waals surface area contributed by atoms with Gasteiger partial charge in [0.2, 0.25) is 0 Å². The molecule has 2 heterocycles. The number of carboxylic acids is 1. The molecular formula is C20H19NO4. The summed E-state index contributed by atoms with van der Waals surface area (Å²) in [6.45, 7) is 1.02. The van der Waals surface area contributed by atoms with Crippen LogP contribution in [0.4, 0.5) is 0 Å². The normalized spacial score (nSPS) is 18.7. The van der Waals surface area contributed by atoms with Crippen molar-refractivity contribution in [1.82, 2.24) is 4.90 Å². The fourth-order valence-electron chi connectivity index (χ4n) is 3.62. The van der Waals surface area contributed by atoms with Gasteiger partial charge in [0.1, 0.15) is 11.8 Å². The maximum absolute atomic E-state index is 13.0. The smallest absolute Gasteiger partial charge is 0.326 e. The Bertz CT molecular complexity index is 845. The molecule has 0 aliphatic carbocycles. The third-order valence-electron chi connectivity index (χ3n) is 4.95. The van der Waals surface area contributed by atoms with Crippen LogP contribution in [0, 0.1) is 0 Å². The fourth-order valence-corrected chi connectivity index (χ4v) is 3.62. The van der Waals surface area contributed by atoms with Crippen LogP contribution in [0.2, 0.25) is 0 Å². The predicted octanol–water partition coefficient (Wildman–Crippen LogP) is 2.66. The van der Waals surface area contributed by atoms with Crippen molar-refractivity contribution in [2.75, 3.05) is 6.61 Å². The van der Waals surface area contributed by atoms with Crippen molar-refractivity contribution >= 4 is 11.9 Å². The van der Waals surface area contributed by atoms with Crippen LogP contribution >= 0.6 is 0 Å². The molecule has 0 aromatic heterocycles. The van der Waals surface area contributed by atoms with E-state index in [1.54, 1.807) is 6.07 Å². The van der Waals surface area contributed by atoms with Crippen LogP contribution in [0.3, 0.4) is 0 Å². The summed E-state index contributed by atoms with van der Waals surface area (Å²) in [5.41, 5.74) is 3.55. The first kappa shape index (κ1) is 15.7. The Hall–Kier alpha value is -2.82. The van der Waals surface area contributed by atoms with Crippen molar-refractivity contribution in [2.45, 2.75) is 31.8 Å². The average Bonchev–Trinajstić information content (AvgIpc) is 2.66. The van der Waals surface area contributed by atoms with Gasteiger partial charge < -0.3 is 14.7 Å². The Morgan fingerprint density at radius 2 is 1.88 bits per heavy atom. The molecular weight excluding hydrogens is 318 g/mol. The van der Waals surface area contributed by atoms with E-state index in [1.807, 2.05) is 36.4 Å². The zero-order valence-electron chi connectivity index (χ0n) is 13.8. The lowest BCUT2D eigenvalue weighted by molar-refractivity contribution is -0.142. The summed E-state index contributed by atoms with van der Waals surface area (Å²) in [5, 5.41) is 9.61. The van der Waals surface area contributed by atoms with Gasteiger partial charge in [0, 0.05) is 18.5 Å². The topological polar surface area (TPSA) is 66.8 Å². The predicted molar refractivity (Wildman–Crippen MR) is 91.7 cm³/mol. The first-order valence-corrected chi connectivity index (χ1v) is 8.50. The Morgan fingerprint density at radius 3 is 2.68 bits per heavy atom. The van der Waals surface area contributed by atoms with Gasteiger partial charge in [-0.15, -0.1) is 0 Å². The van der Waals surface area contributed by atoms with Crippen molar-refractivity contribution in [2.24, 2.45) is 0 Å². The number of rotatable bonds is 2. The number of hydrogen-bond donors (Lipinski definition) is 1. The minimum absolute atomic E-state index is 0.240. The van der Waals surface area contributed by atoms with Gasteiger partial charge in [-0.25, -0.2) is 4.79 Å². The minimum atomic E-state index is -0.968. The number of nitrogens with zero attached hydrogens (tertiary/aromatic N) is 1. The lowest BCUT2D eigenvalue weighted by atomic mass is 9.93. The zero-order chi connectivity index (χ0) is 17.4. The Labute approximate surface area is 145 Å². The number of amides is 1. The quantitative estimate of drug-likeness (QED) is 0.915. The molecule has 2 aliphatic heterocycles. The molecule has 0 fully saturated rings. The third kappa shape index (κ3) is 2.86. The van der Waals surface area contributed by atoms with Crippen LogP contribution in [0.5, 0.6) is 5.75 Å². The molecule has 2 aromatic carbocycles. The average molecular weight is 337 g/mol. The van der Waals surface area contributed by atoms with E-state index in [9.17, 15) is 14.7 Å². The zero-order valence-corrected chi connectivity index (χ0v) is 13.8. The molecule has 0 radical (unpaired) electrons. The monoisotopic (exact) mass is 337 g/mol. The molecule has 4 rings (SSSR count). The highest BCUT2D eigenvalue weighted by molar-refractivity contribution is 5.97. The van der Waals surface area contributed by atoms with E-state index in [0.717, 1.165) is 35.3 Å². The van der Waals surface area contributed by atoms with Crippen molar-refractivity contribution in [3.63, 3.8) is 0 Å². The molecule has 1 N–H and O–H groups in total. The highest BCUT2D eigenvalue weighted by Gasteiger charge is 2.35. The van der Waals surface area contributed by atoms with E-state index in [4.69, 9.17) is 4.74 Å². The van der Waals surface area contributed by atoms with Crippen molar-refractivity contribution in [3.8, 4) is 5.75 Å². The molecule has 1 unspecified atom stereocenters. The number of benzene rings is 2. The van der Waals surface area contributed by atoms with Crippen molar-refractivity contribution in [1.29, 1.82) is 0 Å². The maximum Gasteiger partial charge on any atom is 0.326 e. The van der Waals surface area contributed by atoms with E-state index in [2.05, 4.69) is 0 Å². The Kier molecular flexibility index (Phi) is 3.92. The molecule has 0 saturated heterocycles. The van der Waals surface area contributed by atoms with Gasteiger partial charge in [0.25, 0.3) is 5.91 Å². The van der Waals surface area contributed by atoms with Crippen LogP contribution in [0.25, 0.3) is 0 Å². The summed E-state index contributed by atoms with van der Waals surface area (Å²) in [6.07, 6.45) is 2.15. The highest BCUT2D eigenvalue weighted by atomic mass is 16.5. The molecule has 5 nitrogen and oxygen atoms in total. The van der Waals surface area contributed by atoms with Gasteiger partial charge in [0.15, 0.2) is 0 Å².